The molecule has 1 aromatic heterocycles. The molecule has 0 radical (unpaired) electrons. The van der Waals surface area contributed by atoms with E-state index in [0.717, 1.165) is 24.9 Å². The van der Waals surface area contributed by atoms with Gasteiger partial charge >= 0.3 is 6.09 Å². The average Bonchev–Trinajstić information content (AvgIpc) is 3.23. The number of oxazole rings is 1. The van der Waals surface area contributed by atoms with Crippen LogP contribution in [0.1, 0.15) is 59.8 Å². The van der Waals surface area contributed by atoms with Crippen LogP contribution in [0.15, 0.2) is 34.9 Å². The van der Waals surface area contributed by atoms with Gasteiger partial charge in [0.05, 0.1) is 11.2 Å². The van der Waals surface area contributed by atoms with Crippen molar-refractivity contribution >= 4 is 23.6 Å². The number of hydrogen-bond donors (Lipinski definition) is 0. The molecule has 2 aromatic rings. The molecule has 0 bridgehead atoms. The minimum absolute atomic E-state index is 0.0262. The molecule has 2 amide bonds. The highest BCUT2D eigenvalue weighted by Crippen LogP contribution is 2.28. The van der Waals surface area contributed by atoms with Gasteiger partial charge in [-0.05, 0) is 65.5 Å². The van der Waals surface area contributed by atoms with Crippen LogP contribution in [0.2, 0.25) is 5.02 Å². The topological polar surface area (TPSA) is 75.9 Å². The van der Waals surface area contributed by atoms with E-state index in [1.54, 1.807) is 17.2 Å². The summed E-state index contributed by atoms with van der Waals surface area (Å²) in [6, 6.07) is 7.46. The number of ether oxygens (including phenoxy) is 1. The molecule has 3 rings (SSSR count). The summed E-state index contributed by atoms with van der Waals surface area (Å²) >= 11 is 6.24. The number of aromatic nitrogens is 1. The maximum atomic E-state index is 12.9. The molecule has 0 N–H and O–H groups in total. The largest absolute Gasteiger partial charge is 0.444 e. The molecule has 1 unspecified atom stereocenters. The van der Waals surface area contributed by atoms with Gasteiger partial charge in [-0.15, -0.1) is 0 Å². The van der Waals surface area contributed by atoms with Gasteiger partial charge in [-0.2, -0.15) is 0 Å². The first-order valence-corrected chi connectivity index (χ1v) is 12.4. The van der Waals surface area contributed by atoms with Crippen molar-refractivity contribution in [2.75, 3.05) is 19.6 Å². The van der Waals surface area contributed by atoms with E-state index in [2.05, 4.69) is 4.98 Å². The fourth-order valence-corrected chi connectivity index (χ4v) is 4.35. The molecule has 186 valence electrons. The van der Waals surface area contributed by atoms with Crippen LogP contribution >= 0.6 is 11.6 Å². The molecule has 34 heavy (non-hydrogen) atoms. The third-order valence-electron chi connectivity index (χ3n) is 5.82. The second-order valence-corrected chi connectivity index (χ2v) is 10.6. The number of aryl methyl sites for hydroxylation is 1. The highest BCUT2D eigenvalue weighted by Gasteiger charge is 2.30. The zero-order chi connectivity index (χ0) is 24.9. The van der Waals surface area contributed by atoms with Crippen molar-refractivity contribution in [3.63, 3.8) is 0 Å². The molecule has 1 saturated heterocycles. The predicted octanol–water partition coefficient (Wildman–Crippen LogP) is 5.81. The molecule has 7 nitrogen and oxygen atoms in total. The lowest BCUT2D eigenvalue weighted by atomic mass is 9.96. The van der Waals surface area contributed by atoms with Gasteiger partial charge in [0.1, 0.15) is 5.60 Å². The minimum Gasteiger partial charge on any atom is -0.444 e. The smallest absolute Gasteiger partial charge is 0.410 e. The Balaban J connectivity index is 1.54. The van der Waals surface area contributed by atoms with Gasteiger partial charge < -0.3 is 19.0 Å². The van der Waals surface area contributed by atoms with Crippen LogP contribution in [0, 0.1) is 5.92 Å². The summed E-state index contributed by atoms with van der Waals surface area (Å²) < 4.78 is 11.4. The molecule has 8 heteroatoms. The molecular weight excluding hydrogens is 454 g/mol. The average molecular weight is 490 g/mol. The lowest BCUT2D eigenvalue weighted by Crippen LogP contribution is -2.48. The lowest BCUT2D eigenvalue weighted by Gasteiger charge is -2.37. The number of nitrogens with zero attached hydrogens (tertiary/aromatic N) is 3. The standard InChI is InChI=1S/C26H36ClN3O4/c1-18(2)30(25(32)34-26(3,4)5)17-19-9-8-14-29(16-19)24(31)13-12-23-28-15-22(33-23)20-10-6-7-11-21(20)27/h6-7,10-11,15,18-19H,8-9,12-14,16-17H2,1-5H3. The van der Waals surface area contributed by atoms with Gasteiger partial charge in [0.15, 0.2) is 11.7 Å². The molecule has 0 aliphatic carbocycles. The van der Waals surface area contributed by atoms with E-state index in [-0.39, 0.29) is 24.0 Å². The van der Waals surface area contributed by atoms with Crippen molar-refractivity contribution in [1.29, 1.82) is 0 Å². The number of carbonyl (C=O) groups excluding carboxylic acids is 2. The molecule has 0 spiro atoms. The molecule has 1 aliphatic rings. The Labute approximate surface area is 207 Å². The Morgan fingerprint density at radius 1 is 1.29 bits per heavy atom. The van der Waals surface area contributed by atoms with Gasteiger partial charge in [-0.25, -0.2) is 9.78 Å². The Hall–Kier alpha value is -2.54. The van der Waals surface area contributed by atoms with Crippen LogP contribution in [0.3, 0.4) is 0 Å². The normalized spacial score (nSPS) is 16.6. The van der Waals surface area contributed by atoms with Crippen molar-refractivity contribution in [1.82, 2.24) is 14.8 Å². The Bertz CT molecular complexity index is 982. The van der Waals surface area contributed by atoms with Crippen LogP contribution in [0.5, 0.6) is 0 Å². The Kier molecular flexibility index (Phi) is 8.63. The first-order chi connectivity index (χ1) is 16.0. The van der Waals surface area contributed by atoms with Crippen molar-refractivity contribution in [3.05, 3.63) is 41.4 Å². The van der Waals surface area contributed by atoms with E-state index in [0.29, 0.717) is 42.6 Å². The molecule has 0 saturated carbocycles. The molecule has 1 aliphatic heterocycles. The van der Waals surface area contributed by atoms with Crippen molar-refractivity contribution < 1.29 is 18.7 Å². The van der Waals surface area contributed by atoms with E-state index in [1.165, 1.54) is 0 Å². The zero-order valence-electron chi connectivity index (χ0n) is 20.8. The van der Waals surface area contributed by atoms with E-state index in [1.807, 2.05) is 57.7 Å². The van der Waals surface area contributed by atoms with Crippen LogP contribution in [-0.2, 0) is 16.0 Å². The molecule has 1 aromatic carbocycles. The van der Waals surface area contributed by atoms with Crippen molar-refractivity contribution in [2.45, 2.75) is 71.9 Å². The predicted molar refractivity (Wildman–Crippen MR) is 133 cm³/mol. The first kappa shape index (κ1) is 26.1. The fourth-order valence-electron chi connectivity index (χ4n) is 4.12. The zero-order valence-corrected chi connectivity index (χ0v) is 21.6. The third kappa shape index (κ3) is 7.23. The maximum absolute atomic E-state index is 12.9. The second kappa shape index (κ2) is 11.3. The molecule has 2 heterocycles. The van der Waals surface area contributed by atoms with Gasteiger partial charge in [0.2, 0.25) is 5.91 Å². The van der Waals surface area contributed by atoms with E-state index in [9.17, 15) is 9.59 Å². The van der Waals surface area contributed by atoms with Gasteiger partial charge in [0, 0.05) is 44.1 Å². The monoisotopic (exact) mass is 489 g/mol. The summed E-state index contributed by atoms with van der Waals surface area (Å²) in [5, 5.41) is 0.599. The SMILES string of the molecule is CC(C)N(CC1CCCN(C(=O)CCc2ncc(-c3ccccc3Cl)o2)C1)C(=O)OC(C)(C)C. The second-order valence-electron chi connectivity index (χ2n) is 10.2. The Morgan fingerprint density at radius 2 is 2.03 bits per heavy atom. The summed E-state index contributed by atoms with van der Waals surface area (Å²) in [7, 11) is 0. The van der Waals surface area contributed by atoms with Gasteiger partial charge in [0.25, 0.3) is 0 Å². The van der Waals surface area contributed by atoms with Crippen LogP contribution in [-0.4, -0.2) is 58.1 Å². The number of halogens is 1. The minimum atomic E-state index is -0.537. The van der Waals surface area contributed by atoms with E-state index >= 15 is 0 Å². The molecule has 1 atom stereocenters. The van der Waals surface area contributed by atoms with Gasteiger partial charge in [-0.1, -0.05) is 23.7 Å². The first-order valence-electron chi connectivity index (χ1n) is 12.0. The number of piperidine rings is 1. The quantitative estimate of drug-likeness (QED) is 0.490. The number of likely N-dealkylation sites (tertiary alicyclic amines) is 1. The third-order valence-corrected chi connectivity index (χ3v) is 6.15. The van der Waals surface area contributed by atoms with Crippen molar-refractivity contribution in [2.24, 2.45) is 5.92 Å². The van der Waals surface area contributed by atoms with Crippen molar-refractivity contribution in [3.8, 4) is 11.3 Å². The number of rotatable bonds is 7. The summed E-state index contributed by atoms with van der Waals surface area (Å²) in [6.45, 7) is 11.5. The summed E-state index contributed by atoms with van der Waals surface area (Å²) in [5.41, 5.74) is 0.248. The highest BCUT2D eigenvalue weighted by atomic mass is 35.5. The molecular formula is C26H36ClN3O4. The number of benzene rings is 1. The number of carbonyl (C=O) groups is 2. The van der Waals surface area contributed by atoms with Crippen LogP contribution < -0.4 is 0 Å². The number of amides is 2. The van der Waals surface area contributed by atoms with Crippen LogP contribution in [0.25, 0.3) is 11.3 Å². The summed E-state index contributed by atoms with van der Waals surface area (Å²) in [4.78, 5) is 33.6. The van der Waals surface area contributed by atoms with Gasteiger partial charge in [-0.3, -0.25) is 4.79 Å². The van der Waals surface area contributed by atoms with E-state index in [4.69, 9.17) is 20.8 Å². The lowest BCUT2D eigenvalue weighted by molar-refractivity contribution is -0.133. The van der Waals surface area contributed by atoms with Crippen LogP contribution in [0.4, 0.5) is 4.79 Å². The summed E-state index contributed by atoms with van der Waals surface area (Å²) in [6.07, 6.45) is 4.01. The summed E-state index contributed by atoms with van der Waals surface area (Å²) in [5.74, 6) is 1.42. The van der Waals surface area contributed by atoms with E-state index < -0.39 is 5.60 Å². The maximum Gasteiger partial charge on any atom is 0.410 e. The highest BCUT2D eigenvalue weighted by molar-refractivity contribution is 6.33. The fraction of sp³-hybridized carbons (Fsp3) is 0.577. The molecule has 1 fully saturated rings. The Morgan fingerprint density at radius 3 is 2.71 bits per heavy atom. The number of hydrogen-bond acceptors (Lipinski definition) is 5.